The number of carbonyl (C=O) groups is 2. The third-order valence-electron chi connectivity index (χ3n) is 9.15. The van der Waals surface area contributed by atoms with Gasteiger partial charge in [0.2, 0.25) is 0 Å². The molecule has 3 aliphatic carbocycles. The molecule has 0 amide bonds. The fourth-order valence-electron chi connectivity index (χ4n) is 7.34. The molecule has 4 bridgehead atoms. The van der Waals surface area contributed by atoms with E-state index in [1.165, 1.54) is 0 Å². The first kappa shape index (κ1) is 26.1. The van der Waals surface area contributed by atoms with Crippen molar-refractivity contribution in [1.29, 1.82) is 0 Å². The predicted molar refractivity (Wildman–Crippen MR) is 146 cm³/mol. The smallest absolute Gasteiger partial charge is 0.200 e. The lowest BCUT2D eigenvalue weighted by Gasteiger charge is -2.56. The summed E-state index contributed by atoms with van der Waals surface area (Å²) >= 11 is 0. The number of phenolic OH excluding ortho intramolecular Hbond substituents is 1. The summed E-state index contributed by atoms with van der Waals surface area (Å²) in [4.78, 5) is 28.6. The molecule has 1 aromatic carbocycles. The number of aromatic hydroxyl groups is 1. The Bertz CT molecular complexity index is 1440. The molecule has 0 aromatic heterocycles. The van der Waals surface area contributed by atoms with E-state index in [1.807, 2.05) is 52.8 Å². The molecule has 39 heavy (non-hydrogen) atoms. The zero-order valence-electron chi connectivity index (χ0n) is 23.4. The molecule has 1 saturated heterocycles. The second-order valence-electron chi connectivity index (χ2n) is 12.4. The van der Waals surface area contributed by atoms with E-state index in [9.17, 15) is 19.8 Å². The summed E-state index contributed by atoms with van der Waals surface area (Å²) in [7, 11) is 0. The maximum absolute atomic E-state index is 14.5. The Morgan fingerprint density at radius 3 is 2.59 bits per heavy atom. The molecular formula is C32H36O7. The fraction of sp³-hybridized carbons (Fsp3) is 0.500. The molecule has 5 atom stereocenters. The Hall–Kier alpha value is -3.16. The van der Waals surface area contributed by atoms with E-state index in [1.54, 1.807) is 19.1 Å². The van der Waals surface area contributed by atoms with E-state index in [4.69, 9.17) is 14.2 Å². The van der Waals surface area contributed by atoms with Gasteiger partial charge in [0.25, 0.3) is 0 Å². The van der Waals surface area contributed by atoms with Gasteiger partial charge in [0.05, 0.1) is 17.8 Å². The molecule has 7 nitrogen and oxygen atoms in total. The van der Waals surface area contributed by atoms with Crippen LogP contribution in [-0.4, -0.2) is 51.3 Å². The second kappa shape index (κ2) is 8.42. The molecule has 1 aromatic rings. The molecule has 6 aliphatic rings. The average Bonchev–Trinajstić information content (AvgIpc) is 3.04. The SMILES string of the molecule is CC(C)=CCc1c2c(c(O)c3c1O[C@]14C(=C[C@@H]5C[C@H]1C(C)(C)O[C@@]4(C/C=C(\C)CO)C5=O)C3=O)C=C[C@H](C)O2. The fourth-order valence-corrected chi connectivity index (χ4v) is 7.34. The highest BCUT2D eigenvalue weighted by Gasteiger charge is 2.81. The highest BCUT2D eigenvalue weighted by molar-refractivity contribution is 6.19. The van der Waals surface area contributed by atoms with Crippen molar-refractivity contribution in [3.63, 3.8) is 0 Å². The molecule has 1 spiro atoms. The predicted octanol–water partition coefficient (Wildman–Crippen LogP) is 5.03. The highest BCUT2D eigenvalue weighted by atomic mass is 16.6. The molecule has 3 aliphatic heterocycles. The van der Waals surface area contributed by atoms with Crippen LogP contribution in [0.25, 0.3) is 6.08 Å². The van der Waals surface area contributed by atoms with Crippen LogP contribution in [0.2, 0.25) is 0 Å². The third-order valence-corrected chi connectivity index (χ3v) is 9.15. The number of phenols is 1. The number of rotatable bonds is 5. The summed E-state index contributed by atoms with van der Waals surface area (Å²) in [5.74, 6) is -0.620. The van der Waals surface area contributed by atoms with Crippen molar-refractivity contribution in [2.75, 3.05) is 6.61 Å². The minimum Gasteiger partial charge on any atom is -0.506 e. The standard InChI is InChI=1S/C32H36O7/c1-16(2)7-9-21-27-20(10-8-18(4)37-27)25(34)24-26(35)22-13-19-14-23-30(5,6)39-31(29(19)36,12-11-17(3)15-33)32(22,23)38-28(21)24/h7-8,10-11,13,18-19,23,33-34H,9,12,14-15H2,1-6H3/b17-11+/t18-,19+,23-,31-,32+/m0/s1. The van der Waals surface area contributed by atoms with Crippen molar-refractivity contribution in [2.24, 2.45) is 11.8 Å². The van der Waals surface area contributed by atoms with Crippen molar-refractivity contribution in [3.05, 3.63) is 57.7 Å². The number of hydrogen-bond donors (Lipinski definition) is 2. The number of aliphatic hydroxyl groups is 1. The first-order chi connectivity index (χ1) is 18.4. The van der Waals surface area contributed by atoms with Gasteiger partial charge in [-0.3, -0.25) is 9.59 Å². The number of ether oxygens (including phenoxy) is 3. The van der Waals surface area contributed by atoms with Crippen LogP contribution in [0, 0.1) is 11.8 Å². The zero-order valence-corrected chi connectivity index (χ0v) is 23.4. The maximum atomic E-state index is 14.5. The Labute approximate surface area is 228 Å². The van der Waals surface area contributed by atoms with Crippen LogP contribution < -0.4 is 9.47 Å². The monoisotopic (exact) mass is 532 g/mol. The average molecular weight is 533 g/mol. The second-order valence-corrected chi connectivity index (χ2v) is 12.4. The summed E-state index contributed by atoms with van der Waals surface area (Å²) < 4.78 is 20.0. The molecule has 1 saturated carbocycles. The van der Waals surface area contributed by atoms with Crippen LogP contribution in [0.3, 0.4) is 0 Å². The number of carbonyl (C=O) groups excluding carboxylic acids is 2. The zero-order chi connectivity index (χ0) is 28.1. The maximum Gasteiger partial charge on any atom is 0.200 e. The van der Waals surface area contributed by atoms with Gasteiger partial charge >= 0.3 is 0 Å². The minimum atomic E-state index is -1.44. The first-order valence-corrected chi connectivity index (χ1v) is 13.7. The lowest BCUT2D eigenvalue weighted by atomic mass is 9.51. The van der Waals surface area contributed by atoms with Crippen LogP contribution >= 0.6 is 0 Å². The Balaban J connectivity index is 1.65. The van der Waals surface area contributed by atoms with Gasteiger partial charge in [-0.05, 0) is 66.5 Å². The molecule has 206 valence electrons. The number of benzene rings is 1. The van der Waals surface area contributed by atoms with Gasteiger partial charge in [-0.1, -0.05) is 29.4 Å². The van der Waals surface area contributed by atoms with Gasteiger partial charge in [0.1, 0.15) is 28.9 Å². The first-order valence-electron chi connectivity index (χ1n) is 13.7. The molecule has 0 unspecified atom stereocenters. The van der Waals surface area contributed by atoms with Crippen LogP contribution in [0.4, 0.5) is 0 Å². The topological polar surface area (TPSA) is 102 Å². The van der Waals surface area contributed by atoms with E-state index in [2.05, 4.69) is 0 Å². The van der Waals surface area contributed by atoms with Gasteiger partial charge in [0.15, 0.2) is 22.8 Å². The van der Waals surface area contributed by atoms with Gasteiger partial charge in [-0.2, -0.15) is 0 Å². The van der Waals surface area contributed by atoms with E-state index in [0.717, 1.165) is 5.57 Å². The summed E-state index contributed by atoms with van der Waals surface area (Å²) in [6.45, 7) is 11.5. The van der Waals surface area contributed by atoms with Gasteiger partial charge in [-0.25, -0.2) is 0 Å². The highest BCUT2D eigenvalue weighted by Crippen LogP contribution is 2.68. The van der Waals surface area contributed by atoms with E-state index < -0.39 is 22.7 Å². The molecule has 2 N–H and O–H groups in total. The van der Waals surface area contributed by atoms with E-state index in [-0.39, 0.29) is 53.7 Å². The number of Topliss-reactive ketones (excluding diaryl/α,β-unsaturated/α-hetero) is 2. The van der Waals surface area contributed by atoms with Gasteiger partial charge < -0.3 is 24.4 Å². The van der Waals surface area contributed by atoms with Crippen LogP contribution in [-0.2, 0) is 16.0 Å². The number of fused-ring (bicyclic) bond motifs is 2. The molecule has 3 heterocycles. The van der Waals surface area contributed by atoms with E-state index >= 15 is 0 Å². The number of aliphatic hydroxyl groups excluding tert-OH is 1. The molecular weight excluding hydrogens is 496 g/mol. The summed E-state index contributed by atoms with van der Waals surface area (Å²) in [5, 5.41) is 21.2. The van der Waals surface area contributed by atoms with Crippen molar-refractivity contribution >= 4 is 17.6 Å². The normalized spacial score (nSPS) is 33.1. The number of ketones is 2. The Morgan fingerprint density at radius 1 is 1.15 bits per heavy atom. The third kappa shape index (κ3) is 3.29. The van der Waals surface area contributed by atoms with Crippen molar-refractivity contribution in [2.45, 2.75) is 83.7 Å². The Morgan fingerprint density at radius 2 is 1.90 bits per heavy atom. The van der Waals surface area contributed by atoms with Crippen molar-refractivity contribution in [1.82, 2.24) is 0 Å². The van der Waals surface area contributed by atoms with Crippen molar-refractivity contribution in [3.8, 4) is 17.2 Å². The van der Waals surface area contributed by atoms with Crippen molar-refractivity contribution < 1.29 is 34.0 Å². The lowest BCUT2D eigenvalue weighted by molar-refractivity contribution is -0.171. The van der Waals surface area contributed by atoms with Crippen LogP contribution in [0.15, 0.2) is 41.0 Å². The number of hydrogen-bond acceptors (Lipinski definition) is 7. The summed E-state index contributed by atoms with van der Waals surface area (Å²) in [6.07, 6.45) is 10.1. The molecule has 2 fully saturated rings. The quantitative estimate of drug-likeness (QED) is 0.513. The largest absolute Gasteiger partial charge is 0.506 e. The minimum absolute atomic E-state index is 0.104. The molecule has 7 heteroatoms. The van der Waals surface area contributed by atoms with Gasteiger partial charge in [0, 0.05) is 29.4 Å². The molecule has 7 rings (SSSR count). The van der Waals surface area contributed by atoms with Crippen LogP contribution in [0.1, 0.15) is 75.9 Å². The summed E-state index contributed by atoms with van der Waals surface area (Å²) in [6, 6.07) is 0. The van der Waals surface area contributed by atoms with Gasteiger partial charge in [-0.15, -0.1) is 0 Å². The molecule has 0 radical (unpaired) electrons. The Kier molecular flexibility index (Phi) is 5.63. The lowest BCUT2D eigenvalue weighted by Crippen LogP contribution is -2.72. The number of allylic oxidation sites excluding steroid dienone is 3. The summed E-state index contributed by atoms with van der Waals surface area (Å²) in [5.41, 5.74) is -0.137. The van der Waals surface area contributed by atoms with Crippen LogP contribution in [0.5, 0.6) is 17.2 Å². The van der Waals surface area contributed by atoms with E-state index in [0.29, 0.717) is 40.9 Å².